The molecule has 1 aliphatic rings. The van der Waals surface area contributed by atoms with E-state index in [0.29, 0.717) is 6.54 Å². The highest BCUT2D eigenvalue weighted by molar-refractivity contribution is 4.84. The van der Waals surface area contributed by atoms with Crippen molar-refractivity contribution in [3.05, 3.63) is 0 Å². The van der Waals surface area contributed by atoms with Gasteiger partial charge in [0.05, 0.1) is 19.3 Å². The first-order valence-corrected chi connectivity index (χ1v) is 5.27. The number of nitrogens with two attached hydrogens (primary N) is 1. The Morgan fingerprint density at radius 1 is 1.57 bits per heavy atom. The van der Waals surface area contributed by atoms with Gasteiger partial charge in [-0.3, -0.25) is 4.90 Å². The van der Waals surface area contributed by atoms with Crippen LogP contribution in [0.15, 0.2) is 0 Å². The molecule has 0 saturated carbocycles. The number of hydrogen-bond donors (Lipinski definition) is 2. The topological polar surface area (TPSA) is 58.7 Å². The number of nitrogens with zero attached hydrogens (tertiary/aromatic N) is 1. The third-order valence-electron chi connectivity index (χ3n) is 2.82. The number of ether oxygens (including phenoxy) is 1. The first kappa shape index (κ1) is 11.9. The second kappa shape index (κ2) is 5.07. The maximum atomic E-state index is 9.38. The number of aliphatic hydroxyl groups excluding tert-OH is 1. The van der Waals surface area contributed by atoms with Gasteiger partial charge in [-0.25, -0.2) is 0 Å². The highest BCUT2D eigenvalue weighted by Crippen LogP contribution is 2.19. The predicted octanol–water partition coefficient (Wildman–Crippen LogP) is -0.193. The highest BCUT2D eigenvalue weighted by atomic mass is 16.5. The second-order valence-corrected chi connectivity index (χ2v) is 4.53. The minimum Gasteiger partial charge on any atom is -0.392 e. The molecule has 0 spiro atoms. The molecule has 1 atom stereocenters. The Morgan fingerprint density at radius 3 is 2.86 bits per heavy atom. The van der Waals surface area contributed by atoms with Crippen molar-refractivity contribution in [3.63, 3.8) is 0 Å². The summed E-state index contributed by atoms with van der Waals surface area (Å²) in [6, 6.07) is 0. The van der Waals surface area contributed by atoms with E-state index in [0.717, 1.165) is 32.7 Å². The van der Waals surface area contributed by atoms with Crippen molar-refractivity contribution in [2.24, 2.45) is 5.73 Å². The minimum absolute atomic E-state index is 0.0898. The highest BCUT2D eigenvalue weighted by Gasteiger charge is 2.30. The van der Waals surface area contributed by atoms with Gasteiger partial charge in [-0.2, -0.15) is 0 Å². The normalized spacial score (nSPS) is 24.9. The summed E-state index contributed by atoms with van der Waals surface area (Å²) in [5, 5.41) is 9.38. The van der Waals surface area contributed by atoms with E-state index < -0.39 is 0 Å². The number of aliphatic hydroxyl groups is 1. The molecule has 1 aliphatic heterocycles. The first-order valence-electron chi connectivity index (χ1n) is 5.27. The number of morpholine rings is 1. The zero-order valence-electron chi connectivity index (χ0n) is 9.20. The molecular formula is C10H22N2O2. The van der Waals surface area contributed by atoms with Gasteiger partial charge in [0, 0.05) is 25.2 Å². The number of rotatable bonds is 4. The zero-order valence-corrected chi connectivity index (χ0v) is 9.20. The van der Waals surface area contributed by atoms with Gasteiger partial charge in [-0.15, -0.1) is 0 Å². The quantitative estimate of drug-likeness (QED) is 0.663. The van der Waals surface area contributed by atoms with Gasteiger partial charge in [0.1, 0.15) is 0 Å². The van der Waals surface area contributed by atoms with Crippen molar-refractivity contribution >= 4 is 0 Å². The van der Waals surface area contributed by atoms with Crippen LogP contribution in [0, 0.1) is 0 Å². The van der Waals surface area contributed by atoms with Crippen molar-refractivity contribution in [2.45, 2.75) is 31.9 Å². The summed E-state index contributed by atoms with van der Waals surface area (Å²) in [6.07, 6.45) is 0.383. The molecule has 1 heterocycles. The Bertz CT molecular complexity index is 174. The van der Waals surface area contributed by atoms with Crippen LogP contribution < -0.4 is 5.73 Å². The SMILES string of the molecule is CC1(C)COCCN1CCC(O)CN. The average molecular weight is 202 g/mol. The van der Waals surface area contributed by atoms with Crippen LogP contribution in [0.5, 0.6) is 0 Å². The van der Waals surface area contributed by atoms with Gasteiger partial charge in [0.15, 0.2) is 0 Å². The molecule has 0 radical (unpaired) electrons. The Hall–Kier alpha value is -0.160. The molecule has 0 aromatic heterocycles. The van der Waals surface area contributed by atoms with E-state index in [-0.39, 0.29) is 11.6 Å². The van der Waals surface area contributed by atoms with E-state index in [2.05, 4.69) is 18.7 Å². The maximum Gasteiger partial charge on any atom is 0.0674 e. The van der Waals surface area contributed by atoms with Crippen LogP contribution >= 0.6 is 0 Å². The third kappa shape index (κ3) is 3.20. The van der Waals surface area contributed by atoms with Gasteiger partial charge in [-0.05, 0) is 20.3 Å². The monoisotopic (exact) mass is 202 g/mol. The van der Waals surface area contributed by atoms with Gasteiger partial charge >= 0.3 is 0 Å². The van der Waals surface area contributed by atoms with Crippen molar-refractivity contribution in [2.75, 3.05) is 32.8 Å². The molecular weight excluding hydrogens is 180 g/mol. The molecule has 0 aromatic rings. The van der Waals surface area contributed by atoms with E-state index in [1.807, 2.05) is 0 Å². The molecule has 1 fully saturated rings. The third-order valence-corrected chi connectivity index (χ3v) is 2.82. The van der Waals surface area contributed by atoms with Crippen LogP contribution in [-0.4, -0.2) is 54.5 Å². The minimum atomic E-state index is -0.367. The molecule has 0 bridgehead atoms. The fourth-order valence-corrected chi connectivity index (χ4v) is 1.73. The smallest absolute Gasteiger partial charge is 0.0674 e. The summed E-state index contributed by atoms with van der Waals surface area (Å²) in [6.45, 7) is 8.10. The predicted molar refractivity (Wildman–Crippen MR) is 56.1 cm³/mol. The largest absolute Gasteiger partial charge is 0.392 e. The average Bonchev–Trinajstić information content (AvgIpc) is 2.15. The summed E-state index contributed by atoms with van der Waals surface area (Å²) in [5.74, 6) is 0. The van der Waals surface area contributed by atoms with Crippen LogP contribution in [0.1, 0.15) is 20.3 Å². The van der Waals surface area contributed by atoms with Crippen LogP contribution in [0.25, 0.3) is 0 Å². The summed E-state index contributed by atoms with van der Waals surface area (Å²) in [7, 11) is 0. The van der Waals surface area contributed by atoms with Gasteiger partial charge in [0.25, 0.3) is 0 Å². The van der Waals surface area contributed by atoms with E-state index >= 15 is 0 Å². The Balaban J connectivity index is 2.34. The molecule has 3 N–H and O–H groups in total. The van der Waals surface area contributed by atoms with Crippen LogP contribution in [0.2, 0.25) is 0 Å². The standard InChI is InChI=1S/C10H22N2O2/c1-10(2)8-14-6-5-12(10)4-3-9(13)7-11/h9,13H,3-8,11H2,1-2H3. The van der Waals surface area contributed by atoms with Crippen molar-refractivity contribution in [1.29, 1.82) is 0 Å². The molecule has 1 rings (SSSR count). The summed E-state index contributed by atoms with van der Waals surface area (Å²) in [5.41, 5.74) is 5.45. The first-order chi connectivity index (χ1) is 6.56. The van der Waals surface area contributed by atoms with Gasteiger partial charge in [0.2, 0.25) is 0 Å². The van der Waals surface area contributed by atoms with Crippen molar-refractivity contribution in [1.82, 2.24) is 4.90 Å². The molecule has 0 amide bonds. The van der Waals surface area contributed by atoms with Crippen molar-refractivity contribution in [3.8, 4) is 0 Å². The molecule has 4 nitrogen and oxygen atoms in total. The van der Waals surface area contributed by atoms with Crippen LogP contribution in [0.4, 0.5) is 0 Å². The lowest BCUT2D eigenvalue weighted by molar-refractivity contribution is -0.0548. The lowest BCUT2D eigenvalue weighted by Crippen LogP contribution is -2.53. The zero-order chi connectivity index (χ0) is 10.6. The van der Waals surface area contributed by atoms with Gasteiger partial charge < -0.3 is 15.6 Å². The van der Waals surface area contributed by atoms with Crippen LogP contribution in [0.3, 0.4) is 0 Å². The van der Waals surface area contributed by atoms with E-state index in [1.165, 1.54) is 0 Å². The summed E-state index contributed by atoms with van der Waals surface area (Å²) >= 11 is 0. The molecule has 14 heavy (non-hydrogen) atoms. The van der Waals surface area contributed by atoms with Gasteiger partial charge in [-0.1, -0.05) is 0 Å². The fraction of sp³-hybridized carbons (Fsp3) is 1.00. The summed E-state index contributed by atoms with van der Waals surface area (Å²) in [4.78, 5) is 2.36. The second-order valence-electron chi connectivity index (χ2n) is 4.53. The Kier molecular flexibility index (Phi) is 4.31. The Morgan fingerprint density at radius 2 is 2.29 bits per heavy atom. The van der Waals surface area contributed by atoms with E-state index in [4.69, 9.17) is 10.5 Å². The van der Waals surface area contributed by atoms with Crippen molar-refractivity contribution < 1.29 is 9.84 Å². The fourth-order valence-electron chi connectivity index (χ4n) is 1.73. The molecule has 84 valence electrons. The Labute approximate surface area is 86.0 Å². The molecule has 1 unspecified atom stereocenters. The van der Waals surface area contributed by atoms with E-state index in [9.17, 15) is 5.11 Å². The van der Waals surface area contributed by atoms with Crippen LogP contribution in [-0.2, 0) is 4.74 Å². The number of hydrogen-bond acceptors (Lipinski definition) is 4. The molecule has 1 saturated heterocycles. The summed E-state index contributed by atoms with van der Waals surface area (Å²) < 4.78 is 5.42. The maximum absolute atomic E-state index is 9.38. The molecule has 4 heteroatoms. The lowest BCUT2D eigenvalue weighted by Gasteiger charge is -2.42. The molecule has 0 aromatic carbocycles. The lowest BCUT2D eigenvalue weighted by atomic mass is 10.0. The van der Waals surface area contributed by atoms with E-state index in [1.54, 1.807) is 0 Å². The molecule has 0 aliphatic carbocycles.